The zero-order valence-corrected chi connectivity index (χ0v) is 11.4. The fourth-order valence-electron chi connectivity index (χ4n) is 1.57. The summed E-state index contributed by atoms with van der Waals surface area (Å²) in [5, 5.41) is 14.0. The summed E-state index contributed by atoms with van der Waals surface area (Å²) in [6.45, 7) is 2.44. The van der Waals surface area contributed by atoms with E-state index in [4.69, 9.17) is 0 Å². The molecular formula is C12H18N2O3S. The van der Waals surface area contributed by atoms with Crippen LogP contribution >= 0.6 is 0 Å². The highest BCUT2D eigenvalue weighted by Gasteiger charge is 2.12. The minimum Gasteiger partial charge on any atom is -0.310 e. The highest BCUT2D eigenvalue weighted by atomic mass is 32.2. The van der Waals surface area contributed by atoms with Crippen molar-refractivity contribution in [2.75, 3.05) is 12.0 Å². The van der Waals surface area contributed by atoms with Crippen LogP contribution in [0.25, 0.3) is 0 Å². The Balaban J connectivity index is 2.53. The predicted octanol–water partition coefficient (Wildman–Crippen LogP) is 1.84. The van der Waals surface area contributed by atoms with Gasteiger partial charge in [-0.05, 0) is 13.3 Å². The van der Waals surface area contributed by atoms with Crippen molar-refractivity contribution in [3.8, 4) is 0 Å². The number of rotatable bonds is 7. The van der Waals surface area contributed by atoms with Gasteiger partial charge in [-0.15, -0.1) is 0 Å². The van der Waals surface area contributed by atoms with Crippen LogP contribution in [0.2, 0.25) is 0 Å². The van der Waals surface area contributed by atoms with Gasteiger partial charge in [0.1, 0.15) is 0 Å². The largest absolute Gasteiger partial charge is 0.310 e. The molecule has 5 nitrogen and oxygen atoms in total. The first-order valence-electron chi connectivity index (χ1n) is 5.76. The number of benzene rings is 1. The van der Waals surface area contributed by atoms with Gasteiger partial charge in [0.15, 0.2) is 0 Å². The summed E-state index contributed by atoms with van der Waals surface area (Å²) < 4.78 is 11.0. The van der Waals surface area contributed by atoms with Crippen LogP contribution in [0.1, 0.15) is 18.9 Å². The number of nitro benzene ring substituents is 1. The van der Waals surface area contributed by atoms with Crippen molar-refractivity contribution in [1.29, 1.82) is 0 Å². The first-order valence-corrected chi connectivity index (χ1v) is 7.49. The first-order chi connectivity index (χ1) is 8.50. The van der Waals surface area contributed by atoms with Gasteiger partial charge in [0, 0.05) is 47.0 Å². The summed E-state index contributed by atoms with van der Waals surface area (Å²) in [4.78, 5) is 10.4. The van der Waals surface area contributed by atoms with E-state index in [-0.39, 0.29) is 16.7 Å². The van der Waals surface area contributed by atoms with E-state index in [0.717, 1.165) is 6.42 Å². The maximum absolute atomic E-state index is 11.0. The average molecular weight is 270 g/mol. The van der Waals surface area contributed by atoms with Crippen LogP contribution < -0.4 is 5.32 Å². The molecular weight excluding hydrogens is 252 g/mol. The monoisotopic (exact) mass is 270 g/mol. The van der Waals surface area contributed by atoms with E-state index >= 15 is 0 Å². The Labute approximate surface area is 109 Å². The zero-order valence-electron chi connectivity index (χ0n) is 10.6. The molecule has 1 N–H and O–H groups in total. The normalized spacial score (nSPS) is 14.1. The van der Waals surface area contributed by atoms with Gasteiger partial charge in [-0.25, -0.2) is 0 Å². The molecule has 0 saturated carbocycles. The molecule has 1 aromatic rings. The quantitative estimate of drug-likeness (QED) is 0.606. The lowest BCUT2D eigenvalue weighted by Gasteiger charge is -2.13. The van der Waals surface area contributed by atoms with E-state index in [1.165, 1.54) is 6.07 Å². The van der Waals surface area contributed by atoms with Crippen molar-refractivity contribution in [3.63, 3.8) is 0 Å². The maximum Gasteiger partial charge on any atom is 0.273 e. The van der Waals surface area contributed by atoms with Crippen LogP contribution in [0.3, 0.4) is 0 Å². The minimum atomic E-state index is -0.794. The van der Waals surface area contributed by atoms with E-state index < -0.39 is 10.8 Å². The number of nitrogens with one attached hydrogen (secondary N) is 1. The van der Waals surface area contributed by atoms with Crippen LogP contribution in [0.4, 0.5) is 5.69 Å². The zero-order chi connectivity index (χ0) is 13.5. The Bertz CT molecular complexity index is 437. The minimum absolute atomic E-state index is 0.135. The van der Waals surface area contributed by atoms with Gasteiger partial charge in [-0.2, -0.15) is 0 Å². The molecule has 0 fully saturated rings. The molecule has 2 atom stereocenters. The standard InChI is InChI=1S/C12H18N2O3S/c1-10(7-8-18(2)17)13-9-11-5-3-4-6-12(11)14(15)16/h3-6,10,13H,7-9H2,1-2H3. The third kappa shape index (κ3) is 4.93. The van der Waals surface area contributed by atoms with Crippen LogP contribution in [-0.4, -0.2) is 27.2 Å². The molecule has 0 saturated heterocycles. The molecule has 0 aromatic heterocycles. The van der Waals surface area contributed by atoms with Crippen molar-refractivity contribution in [1.82, 2.24) is 5.32 Å². The molecule has 1 aromatic carbocycles. The van der Waals surface area contributed by atoms with Gasteiger partial charge in [0.05, 0.1) is 4.92 Å². The van der Waals surface area contributed by atoms with E-state index in [9.17, 15) is 14.3 Å². The molecule has 6 heteroatoms. The first kappa shape index (κ1) is 14.8. The van der Waals surface area contributed by atoms with Crippen molar-refractivity contribution in [2.45, 2.75) is 25.9 Å². The second kappa shape index (κ2) is 7.23. The van der Waals surface area contributed by atoms with Crippen molar-refractivity contribution >= 4 is 16.5 Å². The Morgan fingerprint density at radius 3 is 2.72 bits per heavy atom. The molecule has 18 heavy (non-hydrogen) atoms. The molecule has 0 spiro atoms. The van der Waals surface area contributed by atoms with Crippen LogP contribution in [0, 0.1) is 10.1 Å². The third-order valence-corrected chi connectivity index (χ3v) is 3.48. The van der Waals surface area contributed by atoms with Gasteiger partial charge >= 0.3 is 0 Å². The topological polar surface area (TPSA) is 72.2 Å². The molecule has 0 aliphatic heterocycles. The van der Waals surface area contributed by atoms with Gasteiger partial charge < -0.3 is 5.32 Å². The molecule has 0 radical (unpaired) electrons. The summed E-state index contributed by atoms with van der Waals surface area (Å²) in [7, 11) is -0.794. The fraction of sp³-hybridized carbons (Fsp3) is 0.500. The van der Waals surface area contributed by atoms with Crippen molar-refractivity contribution < 1.29 is 9.13 Å². The summed E-state index contributed by atoms with van der Waals surface area (Å²) in [5.74, 6) is 0.644. The van der Waals surface area contributed by atoms with E-state index in [0.29, 0.717) is 17.9 Å². The van der Waals surface area contributed by atoms with E-state index in [1.807, 2.05) is 6.92 Å². The van der Waals surface area contributed by atoms with Gasteiger partial charge in [-0.1, -0.05) is 18.2 Å². The smallest absolute Gasteiger partial charge is 0.273 e. The van der Waals surface area contributed by atoms with Crippen molar-refractivity contribution in [2.24, 2.45) is 0 Å². The molecule has 0 amide bonds. The molecule has 1 rings (SSSR count). The Kier molecular flexibility index (Phi) is 5.94. The average Bonchev–Trinajstić information content (AvgIpc) is 2.34. The second-order valence-corrected chi connectivity index (χ2v) is 5.79. The summed E-state index contributed by atoms with van der Waals surface area (Å²) >= 11 is 0. The maximum atomic E-state index is 11.0. The second-order valence-electron chi connectivity index (χ2n) is 4.23. The SMILES string of the molecule is CC(CCS(C)=O)NCc1ccccc1[N+](=O)[O-]. The molecule has 0 heterocycles. The van der Waals surface area contributed by atoms with Gasteiger partial charge in [0.2, 0.25) is 0 Å². The van der Waals surface area contributed by atoms with E-state index in [1.54, 1.807) is 24.5 Å². The number of hydrogen-bond acceptors (Lipinski definition) is 4. The summed E-state index contributed by atoms with van der Waals surface area (Å²) in [6, 6.07) is 6.88. The van der Waals surface area contributed by atoms with Gasteiger partial charge in [0.25, 0.3) is 5.69 Å². The van der Waals surface area contributed by atoms with Crippen LogP contribution in [0.15, 0.2) is 24.3 Å². The fourth-order valence-corrected chi connectivity index (χ4v) is 2.25. The van der Waals surface area contributed by atoms with Crippen LogP contribution in [-0.2, 0) is 17.3 Å². The Hall–Kier alpha value is -1.27. The Morgan fingerprint density at radius 2 is 2.11 bits per heavy atom. The highest BCUT2D eigenvalue weighted by molar-refractivity contribution is 7.84. The molecule has 100 valence electrons. The lowest BCUT2D eigenvalue weighted by Crippen LogP contribution is -2.27. The third-order valence-electron chi connectivity index (χ3n) is 2.67. The van der Waals surface area contributed by atoms with Gasteiger partial charge in [-0.3, -0.25) is 14.3 Å². The molecule has 0 bridgehead atoms. The predicted molar refractivity (Wildman–Crippen MR) is 72.9 cm³/mol. The lowest BCUT2D eigenvalue weighted by atomic mass is 10.1. The Morgan fingerprint density at radius 1 is 1.44 bits per heavy atom. The number of nitrogens with zero attached hydrogens (tertiary/aromatic N) is 1. The molecule has 2 unspecified atom stereocenters. The lowest BCUT2D eigenvalue weighted by molar-refractivity contribution is -0.385. The summed E-state index contributed by atoms with van der Waals surface area (Å²) in [5.41, 5.74) is 0.809. The molecule has 0 aliphatic carbocycles. The van der Waals surface area contributed by atoms with Crippen LogP contribution in [0.5, 0.6) is 0 Å². The molecule has 0 aliphatic rings. The van der Waals surface area contributed by atoms with Crippen molar-refractivity contribution in [3.05, 3.63) is 39.9 Å². The number of hydrogen-bond donors (Lipinski definition) is 1. The number of para-hydroxylation sites is 1. The number of nitro groups is 1. The highest BCUT2D eigenvalue weighted by Crippen LogP contribution is 2.17. The summed E-state index contributed by atoms with van der Waals surface area (Å²) in [6.07, 6.45) is 2.47. The van der Waals surface area contributed by atoms with E-state index in [2.05, 4.69) is 5.32 Å².